The molecule has 590 valence electrons. The molecule has 9 aromatic carbocycles. The molecule has 5 N–H and O–H groups in total. The minimum absolute atomic E-state index is 0.0343. The predicted octanol–water partition coefficient (Wildman–Crippen LogP) is 18.6. The van der Waals surface area contributed by atoms with Crippen LogP contribution < -0.4 is 15.8 Å². The largest absolute Gasteiger partial charge is 0.508 e. The highest BCUT2D eigenvalue weighted by Gasteiger charge is 2.49. The van der Waals surface area contributed by atoms with Gasteiger partial charge in [0.05, 0.1) is 53.0 Å². The first-order valence-electron chi connectivity index (χ1n) is 36.4. The molecule has 4 unspecified atom stereocenters. The maximum Gasteiger partial charge on any atom is 0.348 e. The molecule has 3 aliphatic heterocycles. The number of aliphatic hydroxyl groups is 1. The molecule has 4 heterocycles. The molecule has 27 heteroatoms. The Balaban J connectivity index is 0.000000134. The van der Waals surface area contributed by atoms with Gasteiger partial charge in [0.25, 0.3) is 17.8 Å². The first-order chi connectivity index (χ1) is 55.9. The summed E-state index contributed by atoms with van der Waals surface area (Å²) in [5, 5.41) is 53.8. The number of aliphatic imine (C=N–C) groups is 1. The fourth-order valence-corrected chi connectivity index (χ4v) is 17.3. The van der Waals surface area contributed by atoms with Gasteiger partial charge in [-0.25, -0.2) is 19.3 Å². The first-order valence-corrected chi connectivity index (χ1v) is 40.2. The molecule has 2 saturated carbocycles. The van der Waals surface area contributed by atoms with E-state index in [1.54, 1.807) is 111 Å². The van der Waals surface area contributed by atoms with Crippen molar-refractivity contribution >= 4 is 140 Å². The molecule has 4 atom stereocenters. The van der Waals surface area contributed by atoms with Gasteiger partial charge in [-0.05, 0) is 91.9 Å². The van der Waals surface area contributed by atoms with Crippen LogP contribution in [0, 0.1) is 37.0 Å². The molecule has 1 amide bonds. The van der Waals surface area contributed by atoms with Gasteiger partial charge in [-0.2, -0.15) is 5.26 Å². The van der Waals surface area contributed by atoms with Crippen LogP contribution in [0.15, 0.2) is 261 Å². The zero-order valence-corrected chi connectivity index (χ0v) is 67.7. The van der Waals surface area contributed by atoms with E-state index in [-0.39, 0.29) is 107 Å². The number of halogens is 5. The average Bonchev–Trinajstić information content (AvgIpc) is 0.984. The number of carbonyl (C=O) groups is 6. The van der Waals surface area contributed by atoms with Crippen molar-refractivity contribution in [2.75, 3.05) is 18.1 Å². The van der Waals surface area contributed by atoms with Crippen molar-refractivity contribution in [2.24, 2.45) is 23.9 Å². The smallest absolute Gasteiger partial charge is 0.348 e. The van der Waals surface area contributed by atoms with Crippen LogP contribution in [0.1, 0.15) is 97.9 Å². The van der Waals surface area contributed by atoms with Gasteiger partial charge in [-0.1, -0.05) is 265 Å². The molecule has 16 rings (SSSR count). The highest BCUT2D eigenvalue weighted by molar-refractivity contribution is 8.22. The van der Waals surface area contributed by atoms with Gasteiger partial charge in [0.15, 0.2) is 28.7 Å². The lowest BCUT2D eigenvalue weighted by molar-refractivity contribution is -0.196. The number of benzene rings is 9. The number of phenolic OH excluding ortho intramolecular Hbond substituents is 3. The number of hydrogen-bond acceptors (Lipinski definition) is 19. The highest BCUT2D eigenvalue weighted by Crippen LogP contribution is 2.48. The summed E-state index contributed by atoms with van der Waals surface area (Å²) in [6.07, 6.45) is 8.77. The lowest BCUT2D eigenvalue weighted by atomic mass is 9.81. The molecule has 0 bridgehead atoms. The Hall–Kier alpha value is -11.2. The summed E-state index contributed by atoms with van der Waals surface area (Å²) in [5.41, 5.74) is 8.23. The van der Waals surface area contributed by atoms with Gasteiger partial charge in [0.1, 0.15) is 39.8 Å². The molecule has 0 radical (unpaired) electrons. The Morgan fingerprint density at radius 1 is 0.672 bits per heavy atom. The Bertz CT molecular complexity index is 5540. The van der Waals surface area contributed by atoms with Crippen LogP contribution in [0.4, 0.5) is 11.4 Å². The van der Waals surface area contributed by atoms with Crippen molar-refractivity contribution in [1.29, 1.82) is 5.26 Å². The number of ketones is 3. The zero-order valence-electron chi connectivity index (χ0n) is 62.3. The Morgan fingerprint density at radius 2 is 1.22 bits per heavy atom. The molecule has 0 spiro atoms. The SMILES string of the molecule is Cc1c(N=C2C(=O)C3CCCCC3C2=O)c(=O)n(-c2ccccc2)n1C.Cc1cc(Cl)c(O)c(Cc2c(O)c(Cl)cc(Cl)c2Cl)c1Cl.N#CC1=C(SCc2ccccc2)SC(c2ccccc2O)NC1=O.O=C1C=C2N(c3ccccc3)CCOC2(O)c2ccccc21.O=C1OC(c2ccccc2)OC(=O)C1=C/C=C/c1ccccc1. The second kappa shape index (κ2) is 38.0. The van der Waals surface area contributed by atoms with Crippen LogP contribution in [0.3, 0.4) is 0 Å². The third-order valence-corrected chi connectivity index (χ3v) is 24.2. The first kappa shape index (κ1) is 84.2. The summed E-state index contributed by atoms with van der Waals surface area (Å²) in [6.45, 7) is 4.50. The number of nitrogens with one attached hydrogen (secondary N) is 1. The molecule has 4 fully saturated rings. The van der Waals surface area contributed by atoms with E-state index in [0.717, 1.165) is 42.5 Å². The maximum absolute atomic E-state index is 12.9. The van der Waals surface area contributed by atoms with Crippen LogP contribution in [-0.2, 0) is 63.2 Å². The molecule has 116 heavy (non-hydrogen) atoms. The van der Waals surface area contributed by atoms with E-state index in [2.05, 4.69) is 10.3 Å². The number of aromatic hydroxyl groups is 3. The van der Waals surface area contributed by atoms with E-state index >= 15 is 0 Å². The zero-order chi connectivity index (χ0) is 82.5. The summed E-state index contributed by atoms with van der Waals surface area (Å²) < 4.78 is 19.9. The maximum atomic E-state index is 12.9. The van der Waals surface area contributed by atoms with Crippen molar-refractivity contribution in [3.05, 3.63) is 343 Å². The van der Waals surface area contributed by atoms with Crippen molar-refractivity contribution < 1.29 is 63.4 Å². The van der Waals surface area contributed by atoms with Crippen LogP contribution in [0.5, 0.6) is 17.2 Å². The van der Waals surface area contributed by atoms with E-state index in [4.69, 9.17) is 72.2 Å². The quantitative estimate of drug-likeness (QED) is 0.0329. The number of carbonyl (C=O) groups excluding carboxylic acids is 6. The molecule has 2 saturated heterocycles. The Morgan fingerprint density at radius 3 is 1.84 bits per heavy atom. The van der Waals surface area contributed by atoms with E-state index in [0.29, 0.717) is 78.6 Å². The third-order valence-electron chi connectivity index (χ3n) is 19.6. The topological polar surface area (TPSA) is 289 Å². The number of cyclic esters (lactones) is 2. The fourth-order valence-electron chi connectivity index (χ4n) is 13.6. The summed E-state index contributed by atoms with van der Waals surface area (Å²) in [6, 6.07) is 66.1. The number of nitriles is 1. The average molecular weight is 1690 g/mol. The molecule has 10 aromatic rings. The lowest BCUT2D eigenvalue weighted by Crippen LogP contribution is -2.50. The number of ether oxygens (including phenoxy) is 3. The van der Waals surface area contributed by atoms with Gasteiger partial charge in [0, 0.05) is 82.7 Å². The van der Waals surface area contributed by atoms with Crippen LogP contribution in [0.25, 0.3) is 11.8 Å². The van der Waals surface area contributed by atoms with Gasteiger partial charge >= 0.3 is 11.9 Å². The number of rotatable bonds is 12. The van der Waals surface area contributed by atoms with Crippen molar-refractivity contribution in [1.82, 2.24) is 14.7 Å². The second-order valence-corrected chi connectivity index (χ2v) is 31.3. The van der Waals surface area contributed by atoms with Crippen LogP contribution in [-0.4, -0.2) is 83.8 Å². The van der Waals surface area contributed by atoms with E-state index in [1.165, 1.54) is 46.4 Å². The summed E-state index contributed by atoms with van der Waals surface area (Å²) in [5.74, 6) is -3.88. The molecule has 3 aliphatic carbocycles. The lowest BCUT2D eigenvalue weighted by Gasteiger charge is -2.44. The number of hydrogen-bond donors (Lipinski definition) is 5. The minimum Gasteiger partial charge on any atom is -0.508 e. The number of nitrogens with zero attached hydrogens (tertiary/aromatic N) is 5. The summed E-state index contributed by atoms with van der Waals surface area (Å²) in [7, 11) is 1.77. The van der Waals surface area contributed by atoms with E-state index in [9.17, 15) is 59.2 Å². The second-order valence-electron chi connectivity index (χ2n) is 27.0. The summed E-state index contributed by atoms with van der Waals surface area (Å²) >= 11 is 32.9. The minimum atomic E-state index is -1.57. The van der Waals surface area contributed by atoms with Crippen molar-refractivity contribution in [3.8, 4) is 29.0 Å². The molecular weight excluding hydrogens is 1620 g/mol. The Labute approximate surface area is 701 Å². The van der Waals surface area contributed by atoms with Crippen LogP contribution in [0.2, 0.25) is 25.1 Å². The molecular formula is C89H73Cl5N6O14S2. The number of para-hydroxylation sites is 3. The molecule has 20 nitrogen and oxygen atoms in total. The number of amides is 1. The van der Waals surface area contributed by atoms with Gasteiger partial charge < -0.3 is 44.9 Å². The predicted molar refractivity (Wildman–Crippen MR) is 451 cm³/mol. The van der Waals surface area contributed by atoms with E-state index < -0.39 is 35.3 Å². The Kier molecular flexibility index (Phi) is 27.6. The molecule has 1 aromatic heterocycles. The number of phenols is 3. The number of esters is 2. The van der Waals surface area contributed by atoms with Gasteiger partial charge in [-0.15, -0.1) is 11.8 Å². The number of aromatic nitrogens is 2. The van der Waals surface area contributed by atoms with Gasteiger partial charge in [0.2, 0.25) is 5.79 Å². The summed E-state index contributed by atoms with van der Waals surface area (Å²) in [4.78, 5) is 93.2. The number of anilines is 1. The number of allylic oxidation sites excluding steroid dienone is 3. The molecule has 6 aliphatic rings. The number of aryl methyl sites for hydroxylation is 1. The van der Waals surface area contributed by atoms with Crippen molar-refractivity contribution in [3.63, 3.8) is 0 Å². The highest BCUT2D eigenvalue weighted by atomic mass is 35.5. The van der Waals surface area contributed by atoms with Crippen molar-refractivity contribution in [2.45, 2.75) is 69.2 Å². The van der Waals surface area contributed by atoms with E-state index in [1.807, 2.05) is 144 Å². The number of fused-ring (bicyclic) bond motifs is 4. The number of morpholine rings is 1. The van der Waals surface area contributed by atoms with Crippen LogP contribution >= 0.6 is 81.5 Å². The van der Waals surface area contributed by atoms with Gasteiger partial charge in [-0.3, -0.25) is 28.7 Å². The monoisotopic (exact) mass is 1690 g/mol. The number of Topliss-reactive ketones (excluding diaryl/α,β-unsaturated/α-hetero) is 2. The third kappa shape index (κ3) is 18.8. The number of thioether (sulfide) groups is 2. The normalized spacial score (nSPS) is 18.6. The fraction of sp³-hybridized carbons (Fsp3) is 0.180. The standard InChI is InChI=1S/C20H21N3O3.C19H14O4.C18H14N2O2S2.C18H15NO3.C14H9Cl5O2/c1-12-16(20(26)23(22(12)2)13-8-4-3-5-9-13)21-17-18(24)14-10-6-7-11-15(14)19(17)25;20-17-16(13-7-10-14-8-3-1-4-9-14)18(21)23-19(22-17)15-11-5-2-6-12-15;19-10-14-16(22)20-17(13-8-4-5-9-15(13)21)24-18(14)23-11-12-6-2-1-3-7-12;20-16-12-17-18(21,15-9-5-4-8-14(15)16)22-11-10-19(17)13-6-2-1-3-7-13;1-5-2-9(16)13(20)6(11(5)18)3-7-12(19)8(15)4-10(17)14(7)21/h3-5,8-9,14-15H,6-7,10-11H2,1-2H3;1-13,19H;1-9,17,21H,11H2,(H,20,22);1-9,12,21H,10-11H2;2,4,20-21H,3H2,1H3/b;10-7+,16-13?;;;.